The number of carbonyl (C=O) groups excluding carboxylic acids is 2. The second kappa shape index (κ2) is 5.75. The monoisotopic (exact) mass is 286 g/mol. The van der Waals surface area contributed by atoms with Crippen LogP contribution in [0, 0.1) is 12.7 Å². The second-order valence-corrected chi connectivity index (χ2v) is 4.76. The van der Waals surface area contributed by atoms with E-state index in [1.807, 2.05) is 0 Å². The van der Waals surface area contributed by atoms with Gasteiger partial charge in [-0.25, -0.2) is 4.39 Å². The van der Waals surface area contributed by atoms with Gasteiger partial charge in [0.05, 0.1) is 0 Å². The molecule has 0 radical (unpaired) electrons. The van der Waals surface area contributed by atoms with Gasteiger partial charge in [0.15, 0.2) is 5.78 Å². The average Bonchev–Trinajstić information content (AvgIpc) is 2.44. The zero-order valence-electron chi connectivity index (χ0n) is 11.7. The fourth-order valence-electron chi connectivity index (χ4n) is 1.85. The fourth-order valence-corrected chi connectivity index (χ4v) is 1.85. The lowest BCUT2D eigenvalue weighted by molar-refractivity contribution is 0.101. The molecule has 4 nitrogen and oxygen atoms in total. The second-order valence-electron chi connectivity index (χ2n) is 4.76. The molecule has 0 aliphatic carbocycles. The summed E-state index contributed by atoms with van der Waals surface area (Å²) in [6, 6.07) is 9.09. The molecule has 108 valence electrons. The molecule has 0 atom stereocenters. The van der Waals surface area contributed by atoms with Gasteiger partial charge in [-0.3, -0.25) is 9.59 Å². The van der Waals surface area contributed by atoms with Gasteiger partial charge in [0.25, 0.3) is 5.91 Å². The first kappa shape index (κ1) is 14.7. The number of amides is 1. The van der Waals surface area contributed by atoms with Crippen LogP contribution in [0.4, 0.5) is 15.8 Å². The van der Waals surface area contributed by atoms with Crippen molar-refractivity contribution in [3.05, 3.63) is 58.9 Å². The molecule has 0 aliphatic rings. The van der Waals surface area contributed by atoms with Crippen LogP contribution < -0.4 is 11.1 Å². The zero-order chi connectivity index (χ0) is 15.6. The van der Waals surface area contributed by atoms with Crippen LogP contribution in [-0.4, -0.2) is 11.7 Å². The molecule has 0 unspecified atom stereocenters. The van der Waals surface area contributed by atoms with Gasteiger partial charge in [0.1, 0.15) is 5.82 Å². The molecule has 0 aromatic heterocycles. The van der Waals surface area contributed by atoms with Gasteiger partial charge >= 0.3 is 0 Å². The van der Waals surface area contributed by atoms with E-state index in [1.165, 1.54) is 13.0 Å². The number of hydrogen-bond donors (Lipinski definition) is 2. The molecule has 0 saturated carbocycles. The lowest BCUT2D eigenvalue weighted by atomic mass is 10.1. The number of nitrogens with two attached hydrogens (primary N) is 1. The number of ketones is 1. The third-order valence-electron chi connectivity index (χ3n) is 3.17. The molecule has 3 N–H and O–H groups in total. The normalized spacial score (nSPS) is 10.2. The van der Waals surface area contributed by atoms with Crippen LogP contribution in [0.15, 0.2) is 36.4 Å². The third-order valence-corrected chi connectivity index (χ3v) is 3.17. The van der Waals surface area contributed by atoms with Crippen molar-refractivity contribution in [3.63, 3.8) is 0 Å². The molecule has 2 rings (SSSR count). The number of nitrogens with one attached hydrogen (secondary N) is 1. The average molecular weight is 286 g/mol. The minimum Gasteiger partial charge on any atom is -0.398 e. The standard InChI is InChI=1S/C16H15FN2O2/c1-9-14(17)7-12(8-15(9)18)16(21)19-13-5-3-4-11(6-13)10(2)20/h3-8H,18H2,1-2H3,(H,19,21). The largest absolute Gasteiger partial charge is 0.398 e. The van der Waals surface area contributed by atoms with Gasteiger partial charge in [0.2, 0.25) is 0 Å². The lowest BCUT2D eigenvalue weighted by Gasteiger charge is -2.09. The quantitative estimate of drug-likeness (QED) is 0.672. The number of benzene rings is 2. The highest BCUT2D eigenvalue weighted by molar-refractivity contribution is 6.05. The van der Waals surface area contributed by atoms with Gasteiger partial charge in [-0.1, -0.05) is 12.1 Å². The number of anilines is 2. The highest BCUT2D eigenvalue weighted by atomic mass is 19.1. The van der Waals surface area contributed by atoms with Crippen molar-refractivity contribution in [3.8, 4) is 0 Å². The first-order chi connectivity index (χ1) is 9.88. The Balaban J connectivity index is 2.26. The summed E-state index contributed by atoms with van der Waals surface area (Å²) in [5, 5.41) is 2.61. The van der Waals surface area contributed by atoms with Crippen LogP contribution in [0.25, 0.3) is 0 Å². The number of rotatable bonds is 3. The zero-order valence-corrected chi connectivity index (χ0v) is 11.7. The van der Waals surface area contributed by atoms with Crippen LogP contribution in [0.1, 0.15) is 33.2 Å². The maximum Gasteiger partial charge on any atom is 0.255 e. The highest BCUT2D eigenvalue weighted by Gasteiger charge is 2.12. The first-order valence-corrected chi connectivity index (χ1v) is 6.36. The molecule has 2 aromatic carbocycles. The van der Waals surface area contributed by atoms with E-state index < -0.39 is 11.7 Å². The summed E-state index contributed by atoms with van der Waals surface area (Å²) in [6.07, 6.45) is 0. The molecule has 0 heterocycles. The molecule has 2 aromatic rings. The predicted molar refractivity (Wildman–Crippen MR) is 79.9 cm³/mol. The van der Waals surface area contributed by atoms with Gasteiger partial charge in [-0.2, -0.15) is 0 Å². The summed E-state index contributed by atoms with van der Waals surface area (Å²) in [7, 11) is 0. The summed E-state index contributed by atoms with van der Waals surface area (Å²) >= 11 is 0. The minimum absolute atomic E-state index is 0.100. The summed E-state index contributed by atoms with van der Waals surface area (Å²) in [5.74, 6) is -1.12. The molecule has 1 amide bonds. The molecule has 0 saturated heterocycles. The van der Waals surface area contributed by atoms with Gasteiger partial charge in [-0.05, 0) is 38.1 Å². The Hall–Kier alpha value is -2.69. The molecule has 0 bridgehead atoms. The molecular weight excluding hydrogens is 271 g/mol. The topological polar surface area (TPSA) is 72.2 Å². The molecular formula is C16H15FN2O2. The van der Waals surface area contributed by atoms with Crippen LogP contribution >= 0.6 is 0 Å². The van der Waals surface area contributed by atoms with Gasteiger partial charge in [0, 0.05) is 28.1 Å². The van der Waals surface area contributed by atoms with E-state index in [0.717, 1.165) is 6.07 Å². The van der Waals surface area contributed by atoms with Crippen molar-refractivity contribution in [1.29, 1.82) is 0 Å². The van der Waals surface area contributed by atoms with E-state index >= 15 is 0 Å². The van der Waals surface area contributed by atoms with E-state index in [4.69, 9.17) is 5.73 Å². The predicted octanol–water partition coefficient (Wildman–Crippen LogP) is 3.17. The summed E-state index contributed by atoms with van der Waals surface area (Å²) in [5.41, 5.74) is 7.26. The van der Waals surface area contributed by atoms with E-state index in [9.17, 15) is 14.0 Å². The number of Topliss-reactive ketones (excluding diaryl/α,β-unsaturated/α-hetero) is 1. The Morgan fingerprint density at radius 3 is 2.48 bits per heavy atom. The number of halogens is 1. The Morgan fingerprint density at radius 1 is 1.14 bits per heavy atom. The van der Waals surface area contributed by atoms with Crippen LogP contribution in [0.3, 0.4) is 0 Å². The van der Waals surface area contributed by atoms with Gasteiger partial charge < -0.3 is 11.1 Å². The van der Waals surface area contributed by atoms with Crippen LogP contribution in [0.5, 0.6) is 0 Å². The highest BCUT2D eigenvalue weighted by Crippen LogP contribution is 2.19. The van der Waals surface area contributed by atoms with Crippen LogP contribution in [0.2, 0.25) is 0 Å². The molecule has 0 aliphatic heterocycles. The molecule has 0 spiro atoms. The number of nitrogen functional groups attached to an aromatic ring is 1. The Morgan fingerprint density at radius 2 is 1.86 bits per heavy atom. The van der Waals surface area contributed by atoms with Gasteiger partial charge in [-0.15, -0.1) is 0 Å². The van der Waals surface area contributed by atoms with Crippen molar-refractivity contribution >= 4 is 23.1 Å². The maximum atomic E-state index is 13.6. The minimum atomic E-state index is -0.530. The molecule has 5 heteroatoms. The molecule has 21 heavy (non-hydrogen) atoms. The van der Waals surface area contributed by atoms with E-state index in [1.54, 1.807) is 31.2 Å². The van der Waals surface area contributed by atoms with Crippen molar-refractivity contribution in [2.45, 2.75) is 13.8 Å². The van der Waals surface area contributed by atoms with E-state index in [2.05, 4.69) is 5.32 Å². The van der Waals surface area contributed by atoms with E-state index in [0.29, 0.717) is 16.8 Å². The van der Waals surface area contributed by atoms with Crippen molar-refractivity contribution in [2.24, 2.45) is 0 Å². The Bertz CT molecular complexity index is 703. The maximum absolute atomic E-state index is 13.6. The third kappa shape index (κ3) is 3.25. The summed E-state index contributed by atoms with van der Waals surface area (Å²) in [4.78, 5) is 23.4. The number of carbonyl (C=O) groups is 2. The smallest absolute Gasteiger partial charge is 0.255 e. The molecule has 0 fully saturated rings. The van der Waals surface area contributed by atoms with Crippen molar-refractivity contribution in [2.75, 3.05) is 11.1 Å². The Kier molecular flexibility index (Phi) is 4.03. The fraction of sp³-hybridized carbons (Fsp3) is 0.125. The van der Waals surface area contributed by atoms with E-state index in [-0.39, 0.29) is 17.0 Å². The van der Waals surface area contributed by atoms with Crippen LogP contribution in [-0.2, 0) is 0 Å². The summed E-state index contributed by atoms with van der Waals surface area (Å²) in [6.45, 7) is 2.99. The van der Waals surface area contributed by atoms with Crippen molar-refractivity contribution in [1.82, 2.24) is 0 Å². The lowest BCUT2D eigenvalue weighted by Crippen LogP contribution is -2.13. The van der Waals surface area contributed by atoms with Crippen molar-refractivity contribution < 1.29 is 14.0 Å². The SMILES string of the molecule is CC(=O)c1cccc(NC(=O)c2cc(N)c(C)c(F)c2)c1. The Labute approximate surface area is 121 Å². The first-order valence-electron chi connectivity index (χ1n) is 6.36. The number of hydrogen-bond acceptors (Lipinski definition) is 3. The summed E-state index contributed by atoms with van der Waals surface area (Å²) < 4.78 is 13.6.